The van der Waals surface area contributed by atoms with Crippen LogP contribution in [0.5, 0.6) is 0 Å². The molecule has 0 aromatic heterocycles. The van der Waals surface area contributed by atoms with Gasteiger partial charge in [0.2, 0.25) is 0 Å². The first-order valence-corrected chi connectivity index (χ1v) is 8.07. The monoisotopic (exact) mass is 327 g/mol. The van der Waals surface area contributed by atoms with Crippen molar-refractivity contribution in [2.24, 2.45) is 5.92 Å². The SMILES string of the molecule is CC1[C@@H](O)[C@@H](O)C2C[C@]1(O)C(=O)NC/C=C\CCCCC(=O)O2. The van der Waals surface area contributed by atoms with Gasteiger partial charge in [0.25, 0.3) is 5.91 Å². The maximum absolute atomic E-state index is 12.3. The number of carbonyl (C=O) groups excluding carboxylic acids is 2. The van der Waals surface area contributed by atoms with E-state index in [9.17, 15) is 24.9 Å². The lowest BCUT2D eigenvalue weighted by atomic mass is 9.71. The van der Waals surface area contributed by atoms with Gasteiger partial charge in [-0.05, 0) is 19.3 Å². The van der Waals surface area contributed by atoms with Crippen molar-refractivity contribution in [3.63, 3.8) is 0 Å². The Balaban J connectivity index is 2.24. The van der Waals surface area contributed by atoms with E-state index in [4.69, 9.17) is 4.74 Å². The molecule has 1 aliphatic carbocycles. The van der Waals surface area contributed by atoms with Gasteiger partial charge in [-0.3, -0.25) is 9.59 Å². The molecule has 2 bridgehead atoms. The van der Waals surface area contributed by atoms with Gasteiger partial charge in [-0.15, -0.1) is 0 Å². The first-order valence-electron chi connectivity index (χ1n) is 8.07. The van der Waals surface area contributed by atoms with Crippen molar-refractivity contribution in [2.75, 3.05) is 6.54 Å². The maximum atomic E-state index is 12.3. The predicted molar refractivity (Wildman–Crippen MR) is 81.2 cm³/mol. The zero-order valence-corrected chi connectivity index (χ0v) is 13.3. The Bertz CT molecular complexity index is 479. The number of hydrogen-bond acceptors (Lipinski definition) is 6. The van der Waals surface area contributed by atoms with Gasteiger partial charge in [0, 0.05) is 25.3 Å². The molecule has 4 N–H and O–H groups in total. The van der Waals surface area contributed by atoms with Gasteiger partial charge in [0.15, 0.2) is 5.60 Å². The van der Waals surface area contributed by atoms with Gasteiger partial charge in [-0.2, -0.15) is 0 Å². The van der Waals surface area contributed by atoms with Crippen molar-refractivity contribution >= 4 is 11.9 Å². The molecule has 2 rings (SSSR count). The van der Waals surface area contributed by atoms with Gasteiger partial charge >= 0.3 is 5.97 Å². The number of amides is 1. The number of aliphatic hydroxyl groups excluding tert-OH is 2. The molecular formula is C16H25NO6. The standard InChI is InChI=1S/C16H25NO6/c1-10-13(19)14(20)11-9-16(10,22)15(21)17-8-6-4-2-3-5-7-12(18)23-11/h4,6,10-11,13-14,19-20,22H,2-3,5,7-9H2,1H3,(H,17,21)/b6-4-/t10?,11?,13-,14+,16-/m1/s1. The van der Waals surface area contributed by atoms with Gasteiger partial charge < -0.3 is 25.4 Å². The van der Waals surface area contributed by atoms with Crippen LogP contribution in [0, 0.1) is 5.92 Å². The molecule has 1 fully saturated rings. The van der Waals surface area contributed by atoms with E-state index in [-0.39, 0.29) is 19.4 Å². The Labute approximate surface area is 135 Å². The van der Waals surface area contributed by atoms with Crippen LogP contribution < -0.4 is 5.32 Å². The lowest BCUT2D eigenvalue weighted by molar-refractivity contribution is -0.206. The van der Waals surface area contributed by atoms with Crippen molar-refractivity contribution in [3.8, 4) is 0 Å². The largest absolute Gasteiger partial charge is 0.459 e. The Morgan fingerprint density at radius 3 is 2.70 bits per heavy atom. The summed E-state index contributed by atoms with van der Waals surface area (Å²) in [6.45, 7) is 1.77. The highest BCUT2D eigenvalue weighted by Gasteiger charge is 2.55. The van der Waals surface area contributed by atoms with Crippen molar-refractivity contribution < 1.29 is 29.6 Å². The second-order valence-electron chi connectivity index (χ2n) is 6.35. The van der Waals surface area contributed by atoms with Crippen LogP contribution in [-0.4, -0.2) is 57.7 Å². The van der Waals surface area contributed by atoms with E-state index in [0.29, 0.717) is 6.42 Å². The fourth-order valence-electron chi connectivity index (χ4n) is 3.09. The Morgan fingerprint density at radius 1 is 1.22 bits per heavy atom. The summed E-state index contributed by atoms with van der Waals surface area (Å²) in [7, 11) is 0. The number of aliphatic hydroxyl groups is 3. The fraction of sp³-hybridized carbons (Fsp3) is 0.750. The zero-order valence-electron chi connectivity index (χ0n) is 13.3. The third kappa shape index (κ3) is 3.91. The van der Waals surface area contributed by atoms with E-state index < -0.39 is 41.7 Å². The summed E-state index contributed by atoms with van der Waals surface area (Å²) in [4.78, 5) is 24.2. The van der Waals surface area contributed by atoms with Crippen LogP contribution in [0.2, 0.25) is 0 Å². The van der Waals surface area contributed by atoms with Crippen molar-refractivity contribution in [1.82, 2.24) is 5.32 Å². The van der Waals surface area contributed by atoms with Gasteiger partial charge in [0.05, 0.1) is 6.10 Å². The van der Waals surface area contributed by atoms with Crippen LogP contribution in [0.25, 0.3) is 0 Å². The quantitative estimate of drug-likeness (QED) is 0.357. The molecule has 2 aliphatic rings. The molecule has 0 aromatic rings. The van der Waals surface area contributed by atoms with Crippen molar-refractivity contribution in [1.29, 1.82) is 0 Å². The summed E-state index contributed by atoms with van der Waals surface area (Å²) in [5.41, 5.74) is -1.90. The first-order chi connectivity index (χ1) is 10.9. The third-order valence-electron chi connectivity index (χ3n) is 4.73. The van der Waals surface area contributed by atoms with Gasteiger partial charge in [-0.1, -0.05) is 19.1 Å². The number of hydrogen-bond donors (Lipinski definition) is 4. The van der Waals surface area contributed by atoms with E-state index in [0.717, 1.165) is 12.8 Å². The fourth-order valence-corrected chi connectivity index (χ4v) is 3.09. The van der Waals surface area contributed by atoms with Crippen LogP contribution in [0.1, 0.15) is 39.0 Å². The van der Waals surface area contributed by atoms with E-state index in [1.807, 2.05) is 6.08 Å². The van der Waals surface area contributed by atoms with Gasteiger partial charge in [-0.25, -0.2) is 0 Å². The molecule has 1 aliphatic heterocycles. The Hall–Kier alpha value is -1.44. The molecule has 1 amide bonds. The van der Waals surface area contributed by atoms with Crippen LogP contribution in [-0.2, 0) is 14.3 Å². The van der Waals surface area contributed by atoms with Gasteiger partial charge in [0.1, 0.15) is 12.2 Å². The average Bonchev–Trinajstić information content (AvgIpc) is 2.52. The predicted octanol–water partition coefficient (Wildman–Crippen LogP) is -0.363. The first kappa shape index (κ1) is 17.9. The maximum Gasteiger partial charge on any atom is 0.306 e. The molecule has 23 heavy (non-hydrogen) atoms. The highest BCUT2D eigenvalue weighted by molar-refractivity contribution is 5.85. The van der Waals surface area contributed by atoms with Crippen molar-refractivity contribution in [2.45, 2.75) is 62.9 Å². The number of fused-ring (bicyclic) bond motifs is 2. The molecule has 130 valence electrons. The molecule has 1 heterocycles. The van der Waals surface area contributed by atoms with Crippen LogP contribution in [0.15, 0.2) is 12.2 Å². The molecule has 7 nitrogen and oxygen atoms in total. The molecule has 0 radical (unpaired) electrons. The number of allylic oxidation sites excluding steroid dienone is 1. The topological polar surface area (TPSA) is 116 Å². The zero-order chi connectivity index (χ0) is 17.0. The van der Waals surface area contributed by atoms with Crippen LogP contribution >= 0.6 is 0 Å². The molecule has 7 heteroatoms. The summed E-state index contributed by atoms with van der Waals surface area (Å²) >= 11 is 0. The van der Waals surface area contributed by atoms with E-state index >= 15 is 0 Å². The molecule has 2 unspecified atom stereocenters. The second-order valence-corrected chi connectivity index (χ2v) is 6.35. The lowest BCUT2D eigenvalue weighted by Gasteiger charge is -2.45. The summed E-state index contributed by atoms with van der Waals surface area (Å²) < 4.78 is 5.20. The summed E-state index contributed by atoms with van der Waals surface area (Å²) in [6.07, 6.45) is 2.13. The highest BCUT2D eigenvalue weighted by atomic mass is 16.6. The van der Waals surface area contributed by atoms with E-state index in [1.54, 1.807) is 6.08 Å². The molecule has 0 aromatic carbocycles. The third-order valence-corrected chi connectivity index (χ3v) is 4.73. The minimum atomic E-state index is -1.90. The number of carbonyl (C=O) groups is 2. The number of rotatable bonds is 0. The lowest BCUT2D eigenvalue weighted by Crippen LogP contribution is -2.64. The number of esters is 1. The minimum absolute atomic E-state index is 0.202. The summed E-state index contributed by atoms with van der Waals surface area (Å²) in [5, 5.41) is 33.6. The highest BCUT2D eigenvalue weighted by Crippen LogP contribution is 2.36. The van der Waals surface area contributed by atoms with E-state index in [2.05, 4.69) is 5.32 Å². The summed E-state index contributed by atoms with van der Waals surface area (Å²) in [5.74, 6) is -2.03. The Morgan fingerprint density at radius 2 is 1.96 bits per heavy atom. The molecule has 0 spiro atoms. The number of ether oxygens (including phenoxy) is 1. The molecule has 1 saturated carbocycles. The smallest absolute Gasteiger partial charge is 0.306 e. The Kier molecular flexibility index (Phi) is 5.78. The number of nitrogens with one attached hydrogen (secondary N) is 1. The van der Waals surface area contributed by atoms with Crippen molar-refractivity contribution in [3.05, 3.63) is 12.2 Å². The second kappa shape index (κ2) is 7.42. The average molecular weight is 327 g/mol. The molecular weight excluding hydrogens is 302 g/mol. The molecule has 5 atom stereocenters. The summed E-state index contributed by atoms with van der Waals surface area (Å²) in [6, 6.07) is 0. The molecule has 0 saturated heterocycles. The van der Waals surface area contributed by atoms with E-state index in [1.165, 1.54) is 6.92 Å². The normalized spacial score (nSPS) is 41.4. The minimum Gasteiger partial charge on any atom is -0.459 e. The van der Waals surface area contributed by atoms with Crippen LogP contribution in [0.4, 0.5) is 0 Å². The van der Waals surface area contributed by atoms with Crippen LogP contribution in [0.3, 0.4) is 0 Å².